The maximum Gasteiger partial charge on any atom is 0.241 e. The third kappa shape index (κ3) is 5.75. The second-order valence-electron chi connectivity index (χ2n) is 7.72. The van der Waals surface area contributed by atoms with Crippen LogP contribution in [0.5, 0.6) is 0 Å². The van der Waals surface area contributed by atoms with E-state index in [0.717, 1.165) is 11.3 Å². The molecule has 0 radical (unpaired) electrons. The Hall–Kier alpha value is -2.97. The molecule has 0 unspecified atom stereocenters. The quantitative estimate of drug-likeness (QED) is 0.558. The lowest BCUT2D eigenvalue weighted by Gasteiger charge is -2.20. The summed E-state index contributed by atoms with van der Waals surface area (Å²) in [7, 11) is -3.63. The molecule has 0 bridgehead atoms. The zero-order valence-corrected chi connectivity index (χ0v) is 17.7. The fraction of sp³-hybridized carbons (Fsp3) is 0.238. The summed E-state index contributed by atoms with van der Waals surface area (Å²) in [5.74, 6) is 1.04. The van der Waals surface area contributed by atoms with Crippen LogP contribution in [0.2, 0.25) is 0 Å². The van der Waals surface area contributed by atoms with Gasteiger partial charge in [0.1, 0.15) is 5.82 Å². The number of aryl methyl sites for hydroxylation is 1. The lowest BCUT2D eigenvalue weighted by atomic mass is 10.1. The summed E-state index contributed by atoms with van der Waals surface area (Å²) in [6.07, 6.45) is 1.71. The van der Waals surface area contributed by atoms with E-state index in [0.29, 0.717) is 17.5 Å². The fourth-order valence-corrected chi connectivity index (χ4v) is 4.08. The van der Waals surface area contributed by atoms with Crippen LogP contribution in [-0.4, -0.2) is 23.9 Å². The zero-order chi connectivity index (χ0) is 21.1. The first-order valence-electron chi connectivity index (χ1n) is 9.19. The Balaban J connectivity index is 1.84. The Kier molecular flexibility index (Phi) is 5.86. The third-order valence-corrected chi connectivity index (χ3v) is 5.60. The highest BCUT2D eigenvalue weighted by atomic mass is 32.2. The summed E-state index contributed by atoms with van der Waals surface area (Å²) in [6.45, 7) is 7.30. The number of hydrogen-bond acceptors (Lipinski definition) is 6. The lowest BCUT2D eigenvalue weighted by Crippen LogP contribution is -2.40. The van der Waals surface area contributed by atoms with Crippen molar-refractivity contribution in [2.24, 2.45) is 0 Å². The number of hydrogen-bond donors (Lipinski definition) is 3. The van der Waals surface area contributed by atoms with Crippen molar-refractivity contribution in [3.05, 3.63) is 66.4 Å². The molecule has 0 saturated heterocycles. The fourth-order valence-electron chi connectivity index (χ4n) is 2.62. The zero-order valence-electron chi connectivity index (χ0n) is 16.9. The van der Waals surface area contributed by atoms with Gasteiger partial charge in [0.15, 0.2) is 0 Å². The first-order chi connectivity index (χ1) is 13.6. The van der Waals surface area contributed by atoms with Crippen molar-refractivity contribution in [2.75, 3.05) is 10.6 Å². The summed E-state index contributed by atoms with van der Waals surface area (Å²) >= 11 is 0. The molecular weight excluding hydrogens is 386 g/mol. The maximum absolute atomic E-state index is 12.6. The smallest absolute Gasteiger partial charge is 0.241 e. The van der Waals surface area contributed by atoms with Gasteiger partial charge in [0.2, 0.25) is 16.0 Å². The minimum atomic E-state index is -3.63. The molecule has 0 aliphatic carbocycles. The van der Waals surface area contributed by atoms with E-state index in [9.17, 15) is 8.42 Å². The number of benzene rings is 2. The monoisotopic (exact) mass is 411 g/mol. The van der Waals surface area contributed by atoms with Gasteiger partial charge in [0.05, 0.1) is 4.90 Å². The van der Waals surface area contributed by atoms with Crippen LogP contribution in [0.3, 0.4) is 0 Å². The van der Waals surface area contributed by atoms with E-state index in [-0.39, 0.29) is 4.90 Å². The molecule has 0 aliphatic rings. The average Bonchev–Trinajstić information content (AvgIpc) is 2.64. The van der Waals surface area contributed by atoms with Crippen molar-refractivity contribution >= 4 is 33.2 Å². The molecule has 3 aromatic rings. The van der Waals surface area contributed by atoms with Crippen molar-refractivity contribution in [3.8, 4) is 0 Å². The van der Waals surface area contributed by atoms with E-state index in [4.69, 9.17) is 0 Å². The van der Waals surface area contributed by atoms with Crippen molar-refractivity contribution in [2.45, 2.75) is 38.1 Å². The summed E-state index contributed by atoms with van der Waals surface area (Å²) in [4.78, 5) is 9.01. The number of para-hydroxylation sites is 1. The Morgan fingerprint density at radius 1 is 0.897 bits per heavy atom. The predicted octanol–water partition coefficient (Wildman–Crippen LogP) is 4.35. The van der Waals surface area contributed by atoms with Gasteiger partial charge in [-0.25, -0.2) is 18.1 Å². The normalized spacial score (nSPS) is 11.9. The van der Waals surface area contributed by atoms with Gasteiger partial charge < -0.3 is 10.6 Å². The second-order valence-corrected chi connectivity index (χ2v) is 9.41. The highest BCUT2D eigenvalue weighted by Gasteiger charge is 2.22. The minimum absolute atomic E-state index is 0.187. The number of anilines is 4. The molecule has 3 N–H and O–H groups in total. The molecule has 152 valence electrons. The van der Waals surface area contributed by atoms with Gasteiger partial charge in [-0.3, -0.25) is 0 Å². The van der Waals surface area contributed by atoms with Gasteiger partial charge >= 0.3 is 0 Å². The van der Waals surface area contributed by atoms with Crippen LogP contribution < -0.4 is 15.4 Å². The first kappa shape index (κ1) is 20.8. The Labute approximate surface area is 171 Å². The molecular formula is C21H25N5O2S. The summed E-state index contributed by atoms with van der Waals surface area (Å²) in [6, 6.07) is 16.3. The molecule has 1 heterocycles. The molecule has 8 heteroatoms. The minimum Gasteiger partial charge on any atom is -0.340 e. The standard InChI is InChI=1S/C21H25N5O2S/c1-15-14-22-20(24-16-9-6-5-7-10-16)25-19(15)23-17-11-8-12-18(13-17)29(27,28)26-21(2,3)4/h5-14,26H,1-4H3,(H2,22,23,24,25). The van der Waals surface area contributed by atoms with Crippen LogP contribution in [0.15, 0.2) is 65.7 Å². The number of nitrogens with one attached hydrogen (secondary N) is 3. The molecule has 0 atom stereocenters. The van der Waals surface area contributed by atoms with Gasteiger partial charge in [-0.15, -0.1) is 0 Å². The van der Waals surface area contributed by atoms with Gasteiger partial charge in [-0.1, -0.05) is 24.3 Å². The molecule has 0 amide bonds. The third-order valence-electron chi connectivity index (χ3n) is 3.85. The van der Waals surface area contributed by atoms with Gasteiger partial charge in [0.25, 0.3) is 0 Å². The van der Waals surface area contributed by atoms with Crippen molar-refractivity contribution in [3.63, 3.8) is 0 Å². The maximum atomic E-state index is 12.6. The number of rotatable bonds is 6. The molecule has 0 saturated carbocycles. The molecule has 2 aromatic carbocycles. The number of sulfonamides is 1. The van der Waals surface area contributed by atoms with Crippen LogP contribution in [0.25, 0.3) is 0 Å². The van der Waals surface area contributed by atoms with Crippen LogP contribution in [0, 0.1) is 6.92 Å². The van der Waals surface area contributed by atoms with E-state index in [1.165, 1.54) is 0 Å². The van der Waals surface area contributed by atoms with Crippen LogP contribution in [-0.2, 0) is 10.0 Å². The average molecular weight is 412 g/mol. The van der Waals surface area contributed by atoms with Crippen molar-refractivity contribution in [1.29, 1.82) is 0 Å². The predicted molar refractivity (Wildman–Crippen MR) is 116 cm³/mol. The SMILES string of the molecule is Cc1cnc(Nc2ccccc2)nc1Nc1cccc(S(=O)(=O)NC(C)(C)C)c1. The number of aromatic nitrogens is 2. The second kappa shape index (κ2) is 8.18. The topological polar surface area (TPSA) is 96.0 Å². The number of nitrogens with zero attached hydrogens (tertiary/aromatic N) is 2. The van der Waals surface area contributed by atoms with E-state index < -0.39 is 15.6 Å². The van der Waals surface area contributed by atoms with Crippen LogP contribution in [0.4, 0.5) is 23.1 Å². The van der Waals surface area contributed by atoms with Gasteiger partial charge in [-0.05, 0) is 58.0 Å². The van der Waals surface area contributed by atoms with Gasteiger partial charge in [0, 0.05) is 28.7 Å². The van der Waals surface area contributed by atoms with Crippen LogP contribution >= 0.6 is 0 Å². The summed E-state index contributed by atoms with van der Waals surface area (Å²) in [5, 5.41) is 6.34. The highest BCUT2D eigenvalue weighted by Crippen LogP contribution is 2.23. The molecule has 0 aliphatic heterocycles. The molecule has 3 rings (SSSR count). The molecule has 1 aromatic heterocycles. The summed E-state index contributed by atoms with van der Waals surface area (Å²) in [5.41, 5.74) is 1.77. The van der Waals surface area contributed by atoms with Crippen molar-refractivity contribution < 1.29 is 8.42 Å². The lowest BCUT2D eigenvalue weighted by molar-refractivity contribution is 0.491. The molecule has 7 nitrogen and oxygen atoms in total. The summed E-state index contributed by atoms with van der Waals surface area (Å²) < 4.78 is 27.9. The molecule has 0 fully saturated rings. The highest BCUT2D eigenvalue weighted by molar-refractivity contribution is 7.89. The van der Waals surface area contributed by atoms with E-state index in [1.807, 2.05) is 37.3 Å². The largest absolute Gasteiger partial charge is 0.340 e. The molecule has 29 heavy (non-hydrogen) atoms. The van der Waals surface area contributed by atoms with Crippen LogP contribution in [0.1, 0.15) is 26.3 Å². The van der Waals surface area contributed by atoms with Crippen molar-refractivity contribution in [1.82, 2.24) is 14.7 Å². The Morgan fingerprint density at radius 2 is 1.59 bits per heavy atom. The first-order valence-corrected chi connectivity index (χ1v) is 10.7. The van der Waals surface area contributed by atoms with E-state index >= 15 is 0 Å². The van der Waals surface area contributed by atoms with E-state index in [2.05, 4.69) is 25.3 Å². The van der Waals surface area contributed by atoms with E-state index in [1.54, 1.807) is 51.2 Å². The Morgan fingerprint density at radius 3 is 2.28 bits per heavy atom. The van der Waals surface area contributed by atoms with Gasteiger partial charge in [-0.2, -0.15) is 4.98 Å². The molecule has 0 spiro atoms. The Bertz CT molecular complexity index is 1090.